The average molecular weight is 325 g/mol. The van der Waals surface area contributed by atoms with Crippen LogP contribution >= 0.6 is 11.3 Å². The summed E-state index contributed by atoms with van der Waals surface area (Å²) in [6.45, 7) is 6.37. The smallest absolute Gasteiger partial charge is 0.250 e. The van der Waals surface area contributed by atoms with Crippen LogP contribution in [-0.2, 0) is 10.0 Å². The lowest BCUT2D eigenvalue weighted by atomic mass is 10.1. The van der Waals surface area contributed by atoms with Crippen molar-refractivity contribution in [1.82, 2.24) is 4.72 Å². The zero-order chi connectivity index (χ0) is 15.5. The average Bonchev–Trinajstić information content (AvgIpc) is 2.85. The van der Waals surface area contributed by atoms with E-state index in [1.165, 1.54) is 11.3 Å². The number of hydrogen-bond donors (Lipinski definition) is 1. The van der Waals surface area contributed by atoms with Gasteiger partial charge < -0.3 is 4.74 Å². The second-order valence-electron chi connectivity index (χ2n) is 4.83. The first kappa shape index (κ1) is 16.0. The third-order valence-corrected chi connectivity index (χ3v) is 5.98. The molecule has 0 aliphatic heterocycles. The lowest BCUT2D eigenvalue weighted by Gasteiger charge is -2.12. The fourth-order valence-corrected chi connectivity index (χ4v) is 4.32. The van der Waals surface area contributed by atoms with Gasteiger partial charge in [0.1, 0.15) is 16.6 Å². The molecule has 0 bridgehead atoms. The molecule has 1 N–H and O–H groups in total. The van der Waals surface area contributed by atoms with Crippen LogP contribution < -0.4 is 9.46 Å². The van der Waals surface area contributed by atoms with Gasteiger partial charge in [-0.15, -0.1) is 11.3 Å². The van der Waals surface area contributed by atoms with Crippen LogP contribution in [0.1, 0.15) is 16.0 Å². The molecule has 0 radical (unpaired) electrons. The summed E-state index contributed by atoms with van der Waals surface area (Å²) in [6.07, 6.45) is 0. The standard InChI is InChI=1S/C15H19NO3S2/c1-11-5-4-6-12(2)15(11)19-10-9-16-21(17,18)14-8-7-13(3)20-14/h4-8,16H,9-10H2,1-3H3. The maximum atomic E-state index is 12.0. The topological polar surface area (TPSA) is 55.4 Å². The van der Waals surface area contributed by atoms with Crippen LogP contribution in [0.5, 0.6) is 5.75 Å². The molecular formula is C15H19NO3S2. The van der Waals surface area contributed by atoms with E-state index in [0.29, 0.717) is 10.8 Å². The van der Waals surface area contributed by atoms with E-state index in [4.69, 9.17) is 4.74 Å². The summed E-state index contributed by atoms with van der Waals surface area (Å²) in [7, 11) is -3.43. The highest BCUT2D eigenvalue weighted by atomic mass is 32.2. The molecule has 0 aliphatic rings. The predicted molar refractivity (Wildman–Crippen MR) is 85.7 cm³/mol. The number of thiophene rings is 1. The minimum atomic E-state index is -3.43. The summed E-state index contributed by atoms with van der Waals surface area (Å²) in [6, 6.07) is 9.34. The van der Waals surface area contributed by atoms with Crippen LogP contribution in [-0.4, -0.2) is 21.6 Å². The maximum Gasteiger partial charge on any atom is 0.250 e. The highest BCUT2D eigenvalue weighted by molar-refractivity contribution is 7.91. The van der Waals surface area contributed by atoms with Crippen molar-refractivity contribution in [3.8, 4) is 5.75 Å². The minimum Gasteiger partial charge on any atom is -0.492 e. The number of para-hydroxylation sites is 1. The van der Waals surface area contributed by atoms with Crippen molar-refractivity contribution in [2.24, 2.45) is 0 Å². The Morgan fingerprint density at radius 1 is 1.10 bits per heavy atom. The number of rotatable bonds is 6. The molecule has 0 amide bonds. The number of aryl methyl sites for hydroxylation is 3. The Bertz CT molecular complexity index is 700. The van der Waals surface area contributed by atoms with E-state index in [-0.39, 0.29) is 6.54 Å². The van der Waals surface area contributed by atoms with Gasteiger partial charge in [0.2, 0.25) is 10.0 Å². The Morgan fingerprint density at radius 3 is 2.33 bits per heavy atom. The summed E-state index contributed by atoms with van der Waals surface area (Å²) >= 11 is 1.26. The second-order valence-corrected chi connectivity index (χ2v) is 8.11. The Kier molecular flexibility index (Phi) is 5.03. The van der Waals surface area contributed by atoms with Crippen LogP contribution in [0.15, 0.2) is 34.5 Å². The lowest BCUT2D eigenvalue weighted by Crippen LogP contribution is -2.27. The molecule has 0 spiro atoms. The monoisotopic (exact) mass is 325 g/mol. The molecule has 0 saturated heterocycles. The molecule has 0 aliphatic carbocycles. The Labute approximate surface area is 129 Å². The molecule has 0 atom stereocenters. The SMILES string of the molecule is Cc1ccc(S(=O)(=O)NCCOc2c(C)cccc2C)s1. The van der Waals surface area contributed by atoms with Crippen LogP contribution in [0.25, 0.3) is 0 Å². The quantitative estimate of drug-likeness (QED) is 0.831. The summed E-state index contributed by atoms with van der Waals surface area (Å²) < 4.78 is 32.6. The maximum absolute atomic E-state index is 12.0. The molecule has 4 nitrogen and oxygen atoms in total. The van der Waals surface area contributed by atoms with Gasteiger partial charge in [-0.3, -0.25) is 0 Å². The molecule has 114 valence electrons. The Morgan fingerprint density at radius 2 is 1.76 bits per heavy atom. The van der Waals surface area contributed by atoms with Crippen molar-refractivity contribution in [3.63, 3.8) is 0 Å². The van der Waals surface area contributed by atoms with E-state index >= 15 is 0 Å². The third kappa shape index (κ3) is 4.06. The molecule has 2 aromatic rings. The molecule has 21 heavy (non-hydrogen) atoms. The highest BCUT2D eigenvalue weighted by Gasteiger charge is 2.15. The van der Waals surface area contributed by atoms with Gasteiger partial charge in [0.25, 0.3) is 0 Å². The van der Waals surface area contributed by atoms with Crippen molar-refractivity contribution >= 4 is 21.4 Å². The van der Waals surface area contributed by atoms with Crippen molar-refractivity contribution in [3.05, 3.63) is 46.3 Å². The van der Waals surface area contributed by atoms with Gasteiger partial charge in [0, 0.05) is 11.4 Å². The van der Waals surface area contributed by atoms with E-state index < -0.39 is 10.0 Å². The normalized spacial score (nSPS) is 11.6. The molecule has 1 aromatic heterocycles. The van der Waals surface area contributed by atoms with Crippen LogP contribution in [0.4, 0.5) is 0 Å². The molecule has 1 heterocycles. The van der Waals surface area contributed by atoms with Gasteiger partial charge in [-0.05, 0) is 44.0 Å². The minimum absolute atomic E-state index is 0.243. The number of nitrogens with one attached hydrogen (secondary N) is 1. The van der Waals surface area contributed by atoms with Crippen molar-refractivity contribution in [2.45, 2.75) is 25.0 Å². The number of sulfonamides is 1. The third-order valence-electron chi connectivity index (χ3n) is 3.03. The van der Waals surface area contributed by atoms with Gasteiger partial charge >= 0.3 is 0 Å². The first-order chi connectivity index (χ1) is 9.90. The number of ether oxygens (including phenoxy) is 1. The summed E-state index contributed by atoms with van der Waals surface area (Å²) in [4.78, 5) is 0.974. The summed E-state index contributed by atoms with van der Waals surface area (Å²) in [5, 5.41) is 0. The van der Waals surface area contributed by atoms with Gasteiger partial charge in [0.05, 0.1) is 0 Å². The van der Waals surface area contributed by atoms with E-state index in [9.17, 15) is 8.42 Å². The first-order valence-corrected chi connectivity index (χ1v) is 8.95. The van der Waals surface area contributed by atoms with Gasteiger partial charge in [0.15, 0.2) is 0 Å². The Balaban J connectivity index is 1.90. The van der Waals surface area contributed by atoms with Gasteiger partial charge in [-0.2, -0.15) is 0 Å². The summed E-state index contributed by atoms with van der Waals surface area (Å²) in [5.74, 6) is 0.823. The lowest BCUT2D eigenvalue weighted by molar-refractivity contribution is 0.318. The van der Waals surface area contributed by atoms with Crippen LogP contribution in [0.2, 0.25) is 0 Å². The van der Waals surface area contributed by atoms with E-state index in [1.807, 2.05) is 39.0 Å². The number of benzene rings is 1. The summed E-state index contributed by atoms with van der Waals surface area (Å²) in [5.41, 5.74) is 2.10. The zero-order valence-corrected chi connectivity index (χ0v) is 14.0. The van der Waals surface area contributed by atoms with Gasteiger partial charge in [-0.1, -0.05) is 18.2 Å². The zero-order valence-electron chi connectivity index (χ0n) is 12.3. The van der Waals surface area contributed by atoms with E-state index in [0.717, 1.165) is 21.8 Å². The molecule has 0 saturated carbocycles. The molecule has 0 unspecified atom stereocenters. The van der Waals surface area contributed by atoms with Crippen LogP contribution in [0.3, 0.4) is 0 Å². The Hall–Kier alpha value is -1.37. The van der Waals surface area contributed by atoms with Gasteiger partial charge in [-0.25, -0.2) is 13.1 Å². The fourth-order valence-electron chi connectivity index (χ4n) is 1.98. The molecule has 2 rings (SSSR count). The number of hydrogen-bond acceptors (Lipinski definition) is 4. The highest BCUT2D eigenvalue weighted by Crippen LogP contribution is 2.22. The van der Waals surface area contributed by atoms with Crippen LogP contribution in [0, 0.1) is 20.8 Å². The van der Waals surface area contributed by atoms with E-state index in [2.05, 4.69) is 4.72 Å². The molecule has 6 heteroatoms. The van der Waals surface area contributed by atoms with Crippen molar-refractivity contribution in [2.75, 3.05) is 13.2 Å². The molecular weight excluding hydrogens is 306 g/mol. The molecule has 1 aromatic carbocycles. The first-order valence-electron chi connectivity index (χ1n) is 6.65. The predicted octanol–water partition coefficient (Wildman–Crippen LogP) is 3.03. The second kappa shape index (κ2) is 6.60. The van der Waals surface area contributed by atoms with Crippen molar-refractivity contribution < 1.29 is 13.2 Å². The largest absolute Gasteiger partial charge is 0.492 e. The fraction of sp³-hybridized carbons (Fsp3) is 0.333. The van der Waals surface area contributed by atoms with Crippen molar-refractivity contribution in [1.29, 1.82) is 0 Å². The van der Waals surface area contributed by atoms with E-state index in [1.54, 1.807) is 12.1 Å². The molecule has 0 fully saturated rings.